The first kappa shape index (κ1) is 12.6. The number of carbonyl (C=O) groups excluding carboxylic acids is 1. The molecule has 0 spiro atoms. The van der Waals surface area contributed by atoms with Gasteiger partial charge < -0.3 is 9.84 Å². The first-order chi connectivity index (χ1) is 6.79. The maximum Gasteiger partial charge on any atom is 0.216 e. The van der Waals surface area contributed by atoms with Crippen molar-refractivity contribution in [1.29, 1.82) is 0 Å². The number of rotatable bonds is 2. The van der Waals surface area contributed by atoms with E-state index in [1.807, 2.05) is 32.6 Å². The van der Waals surface area contributed by atoms with Gasteiger partial charge in [-0.05, 0) is 27.7 Å². The van der Waals surface area contributed by atoms with Crippen LogP contribution in [0, 0.1) is 0 Å². The highest BCUT2D eigenvalue weighted by molar-refractivity contribution is 5.79. The summed E-state index contributed by atoms with van der Waals surface area (Å²) in [7, 11) is 0. The normalized spacial score (nSPS) is 26.7. The van der Waals surface area contributed by atoms with Crippen molar-refractivity contribution in [3.8, 4) is 0 Å². The standard InChI is InChI=1S/C11H21NO3/c1-8-7-9(13)5-6-12(8)10(14)15-11(2,3)4/h8,10,14H,5-7H2,1-4H3/t8-,10?/m0/s1. The van der Waals surface area contributed by atoms with Gasteiger partial charge in [-0.1, -0.05) is 0 Å². The minimum atomic E-state index is -0.909. The van der Waals surface area contributed by atoms with Crippen LogP contribution in [-0.4, -0.2) is 40.4 Å². The van der Waals surface area contributed by atoms with Crippen LogP contribution in [0.25, 0.3) is 0 Å². The second kappa shape index (κ2) is 4.60. The number of Topliss-reactive ketones (excluding diaryl/α,β-unsaturated/α-hetero) is 1. The molecule has 0 radical (unpaired) electrons. The average molecular weight is 215 g/mol. The van der Waals surface area contributed by atoms with Crippen LogP contribution in [0.15, 0.2) is 0 Å². The molecule has 4 nitrogen and oxygen atoms in total. The summed E-state index contributed by atoms with van der Waals surface area (Å²) in [4.78, 5) is 13.0. The highest BCUT2D eigenvalue weighted by atomic mass is 16.6. The molecule has 1 aliphatic heterocycles. The lowest BCUT2D eigenvalue weighted by atomic mass is 10.0. The van der Waals surface area contributed by atoms with Gasteiger partial charge in [-0.15, -0.1) is 0 Å². The lowest BCUT2D eigenvalue weighted by molar-refractivity contribution is -0.249. The minimum Gasteiger partial charge on any atom is -0.356 e. The summed E-state index contributed by atoms with van der Waals surface area (Å²) < 4.78 is 5.45. The first-order valence-corrected chi connectivity index (χ1v) is 5.43. The van der Waals surface area contributed by atoms with Crippen molar-refractivity contribution < 1.29 is 14.6 Å². The molecule has 1 N–H and O–H groups in total. The largest absolute Gasteiger partial charge is 0.356 e. The molecule has 0 aromatic heterocycles. The van der Waals surface area contributed by atoms with Crippen LogP contribution < -0.4 is 0 Å². The van der Waals surface area contributed by atoms with E-state index < -0.39 is 6.41 Å². The number of aliphatic hydroxyl groups excluding tert-OH is 1. The molecule has 0 bridgehead atoms. The third-order valence-corrected chi connectivity index (χ3v) is 2.48. The zero-order valence-corrected chi connectivity index (χ0v) is 9.99. The van der Waals surface area contributed by atoms with Gasteiger partial charge in [-0.3, -0.25) is 9.69 Å². The quantitative estimate of drug-likeness (QED) is 0.702. The molecule has 1 aliphatic rings. The molecule has 4 heteroatoms. The fourth-order valence-electron chi connectivity index (χ4n) is 1.74. The van der Waals surface area contributed by atoms with E-state index in [2.05, 4.69) is 0 Å². The number of ketones is 1. The molecule has 0 aliphatic carbocycles. The maximum absolute atomic E-state index is 11.2. The Balaban J connectivity index is 2.52. The summed E-state index contributed by atoms with van der Waals surface area (Å²) in [6, 6.07) is 0.0589. The Kier molecular flexibility index (Phi) is 3.87. The summed E-state index contributed by atoms with van der Waals surface area (Å²) in [6.07, 6.45) is 0.104. The van der Waals surface area contributed by atoms with Gasteiger partial charge in [0.05, 0.1) is 5.60 Å². The smallest absolute Gasteiger partial charge is 0.216 e. The number of ether oxygens (including phenoxy) is 1. The summed E-state index contributed by atoms with van der Waals surface area (Å²) in [5.41, 5.74) is -0.374. The van der Waals surface area contributed by atoms with Gasteiger partial charge in [0.2, 0.25) is 6.41 Å². The summed E-state index contributed by atoms with van der Waals surface area (Å²) in [5, 5.41) is 9.86. The highest BCUT2D eigenvalue weighted by Crippen LogP contribution is 2.19. The average Bonchev–Trinajstić information content (AvgIpc) is 1.99. The molecule has 1 rings (SSSR count). The molecular formula is C11H21NO3. The molecule has 1 fully saturated rings. The van der Waals surface area contributed by atoms with E-state index in [1.165, 1.54) is 0 Å². The Bertz CT molecular complexity index is 234. The van der Waals surface area contributed by atoms with Crippen LogP contribution in [0.1, 0.15) is 40.5 Å². The zero-order chi connectivity index (χ0) is 11.6. The van der Waals surface area contributed by atoms with E-state index in [0.29, 0.717) is 19.4 Å². The zero-order valence-electron chi connectivity index (χ0n) is 9.99. The molecule has 0 saturated carbocycles. The third kappa shape index (κ3) is 3.89. The SMILES string of the molecule is C[C@H]1CC(=O)CCN1C(O)OC(C)(C)C. The third-order valence-electron chi connectivity index (χ3n) is 2.48. The van der Waals surface area contributed by atoms with Gasteiger partial charge in [-0.25, -0.2) is 0 Å². The van der Waals surface area contributed by atoms with E-state index in [1.54, 1.807) is 0 Å². The number of hydrogen-bond acceptors (Lipinski definition) is 4. The van der Waals surface area contributed by atoms with Crippen molar-refractivity contribution in [1.82, 2.24) is 4.90 Å². The Morgan fingerprint density at radius 1 is 1.53 bits per heavy atom. The Morgan fingerprint density at radius 2 is 2.13 bits per heavy atom. The fourth-order valence-corrected chi connectivity index (χ4v) is 1.74. The van der Waals surface area contributed by atoms with Gasteiger partial charge in [-0.2, -0.15) is 0 Å². The molecule has 88 valence electrons. The lowest BCUT2D eigenvalue weighted by Gasteiger charge is -2.38. The van der Waals surface area contributed by atoms with Crippen molar-refractivity contribution in [2.24, 2.45) is 0 Å². The highest BCUT2D eigenvalue weighted by Gasteiger charge is 2.30. The molecule has 1 saturated heterocycles. The van der Waals surface area contributed by atoms with Gasteiger partial charge >= 0.3 is 0 Å². The Morgan fingerprint density at radius 3 is 2.60 bits per heavy atom. The van der Waals surface area contributed by atoms with Gasteiger partial charge in [0.25, 0.3) is 0 Å². The summed E-state index contributed by atoms with van der Waals surface area (Å²) in [5.74, 6) is 0.265. The predicted molar refractivity (Wildman–Crippen MR) is 57.3 cm³/mol. The van der Waals surface area contributed by atoms with Crippen LogP contribution in [0.3, 0.4) is 0 Å². The fraction of sp³-hybridized carbons (Fsp3) is 0.909. The van der Waals surface area contributed by atoms with E-state index in [4.69, 9.17) is 4.74 Å². The molecule has 0 aromatic carbocycles. The molecular weight excluding hydrogens is 194 g/mol. The van der Waals surface area contributed by atoms with Crippen molar-refractivity contribution >= 4 is 5.78 Å². The number of piperidine rings is 1. The van der Waals surface area contributed by atoms with E-state index in [9.17, 15) is 9.90 Å². The van der Waals surface area contributed by atoms with E-state index >= 15 is 0 Å². The Hall–Kier alpha value is -0.450. The van der Waals surface area contributed by atoms with E-state index in [0.717, 1.165) is 0 Å². The van der Waals surface area contributed by atoms with Crippen molar-refractivity contribution in [3.05, 3.63) is 0 Å². The molecule has 1 unspecified atom stereocenters. The van der Waals surface area contributed by atoms with Gasteiger partial charge in [0.15, 0.2) is 0 Å². The molecule has 15 heavy (non-hydrogen) atoms. The van der Waals surface area contributed by atoms with Crippen LogP contribution in [0.2, 0.25) is 0 Å². The van der Waals surface area contributed by atoms with Crippen molar-refractivity contribution in [2.45, 2.75) is 58.6 Å². The number of carbonyl (C=O) groups is 1. The van der Waals surface area contributed by atoms with Crippen LogP contribution in [-0.2, 0) is 9.53 Å². The Labute approximate surface area is 91.2 Å². The number of hydrogen-bond donors (Lipinski definition) is 1. The monoisotopic (exact) mass is 215 g/mol. The summed E-state index contributed by atoms with van der Waals surface area (Å²) in [6.45, 7) is 8.21. The molecule has 1 heterocycles. The van der Waals surface area contributed by atoms with Crippen molar-refractivity contribution in [2.75, 3.05) is 6.54 Å². The first-order valence-electron chi connectivity index (χ1n) is 5.43. The minimum absolute atomic E-state index is 0.0589. The second-order valence-corrected chi connectivity index (χ2v) is 5.14. The van der Waals surface area contributed by atoms with Crippen LogP contribution in [0.4, 0.5) is 0 Å². The number of likely N-dealkylation sites (tertiary alicyclic amines) is 1. The molecule has 2 atom stereocenters. The van der Waals surface area contributed by atoms with Crippen LogP contribution >= 0.6 is 0 Å². The van der Waals surface area contributed by atoms with E-state index in [-0.39, 0.29) is 17.4 Å². The summed E-state index contributed by atoms with van der Waals surface area (Å²) >= 11 is 0. The second-order valence-electron chi connectivity index (χ2n) is 5.14. The van der Waals surface area contributed by atoms with Crippen LogP contribution in [0.5, 0.6) is 0 Å². The molecule has 0 amide bonds. The maximum atomic E-state index is 11.2. The molecule has 0 aromatic rings. The lowest BCUT2D eigenvalue weighted by Crippen LogP contribution is -2.50. The van der Waals surface area contributed by atoms with Gasteiger partial charge in [0, 0.05) is 25.4 Å². The van der Waals surface area contributed by atoms with Crippen molar-refractivity contribution in [3.63, 3.8) is 0 Å². The topological polar surface area (TPSA) is 49.8 Å². The predicted octanol–water partition coefficient (Wildman–Crippen LogP) is 1.13. The van der Waals surface area contributed by atoms with Gasteiger partial charge in [0.1, 0.15) is 5.78 Å². The number of aliphatic hydroxyl groups is 1. The number of nitrogens with zero attached hydrogens (tertiary/aromatic N) is 1.